The maximum Gasteiger partial charge on any atom is 0.192 e. The van der Waals surface area contributed by atoms with Gasteiger partial charge >= 0.3 is 0 Å². The lowest BCUT2D eigenvalue weighted by Gasteiger charge is -2.61. The molecule has 180 valence electrons. The highest BCUT2D eigenvalue weighted by molar-refractivity contribution is 6.74. The van der Waals surface area contributed by atoms with Gasteiger partial charge in [-0.3, -0.25) is 0 Å². The molecule has 31 heavy (non-hydrogen) atoms. The molecule has 0 saturated heterocycles. The van der Waals surface area contributed by atoms with Crippen molar-refractivity contribution < 1.29 is 9.53 Å². The van der Waals surface area contributed by atoms with E-state index in [-0.39, 0.29) is 6.10 Å². The summed E-state index contributed by atoms with van der Waals surface area (Å²) in [6, 6.07) is 0. The summed E-state index contributed by atoms with van der Waals surface area (Å²) in [6.07, 6.45) is 11.2. The second kappa shape index (κ2) is 7.84. The second-order valence-electron chi connectivity index (χ2n) is 14.5. The molecule has 4 aliphatic rings. The summed E-state index contributed by atoms with van der Waals surface area (Å²) in [5.41, 5.74) is 0.879. The predicted molar refractivity (Wildman–Crippen MR) is 134 cm³/mol. The number of aliphatic hydroxyl groups excluding tert-OH is 1. The van der Waals surface area contributed by atoms with Crippen molar-refractivity contribution in [2.24, 2.45) is 46.3 Å². The molecule has 0 spiro atoms. The van der Waals surface area contributed by atoms with Crippen molar-refractivity contribution in [1.29, 1.82) is 0 Å². The first-order valence-corrected chi connectivity index (χ1v) is 16.5. The standard InChI is InChI=1S/C28H52O2Si/c1-18-16-24-22-11-10-20-17-21(30-31(8,9)26(3,4)5)12-14-27(20,6)23(22)13-15-28(24,7)25(18)19(2)29/h18-25,29H,10-17H2,1-9H3/t18-,19-,20?,21-,22?,23?,24?,25+,27-,28-/m0/s1. The van der Waals surface area contributed by atoms with E-state index in [0.717, 1.165) is 23.7 Å². The molecule has 10 atom stereocenters. The van der Waals surface area contributed by atoms with Gasteiger partial charge in [-0.2, -0.15) is 0 Å². The third-order valence-electron chi connectivity index (χ3n) is 11.8. The van der Waals surface area contributed by atoms with E-state index in [2.05, 4.69) is 61.6 Å². The smallest absolute Gasteiger partial charge is 0.192 e. The van der Waals surface area contributed by atoms with Crippen LogP contribution in [0.2, 0.25) is 18.1 Å². The van der Waals surface area contributed by atoms with Crippen LogP contribution in [0.4, 0.5) is 0 Å². The first-order chi connectivity index (χ1) is 14.2. The molecule has 4 aliphatic carbocycles. The van der Waals surface area contributed by atoms with Gasteiger partial charge in [-0.05, 0) is 123 Å². The number of hydrogen-bond donors (Lipinski definition) is 1. The maximum absolute atomic E-state index is 10.6. The molecule has 0 aliphatic heterocycles. The molecule has 0 bridgehead atoms. The van der Waals surface area contributed by atoms with Crippen molar-refractivity contribution >= 4 is 8.32 Å². The molecule has 2 nitrogen and oxygen atoms in total. The first-order valence-electron chi connectivity index (χ1n) is 13.6. The van der Waals surface area contributed by atoms with E-state index in [0.29, 0.717) is 33.8 Å². The molecular weight excluding hydrogens is 396 g/mol. The minimum Gasteiger partial charge on any atom is -0.414 e. The Bertz CT molecular complexity index is 666. The Balaban J connectivity index is 1.50. The number of hydrogen-bond acceptors (Lipinski definition) is 2. The first kappa shape index (κ1) is 24.3. The Morgan fingerprint density at radius 1 is 0.935 bits per heavy atom. The van der Waals surface area contributed by atoms with Gasteiger partial charge in [-0.15, -0.1) is 0 Å². The third kappa shape index (κ3) is 3.81. The summed E-state index contributed by atoms with van der Waals surface area (Å²) in [4.78, 5) is 0. The van der Waals surface area contributed by atoms with Crippen LogP contribution in [0.3, 0.4) is 0 Å². The van der Waals surface area contributed by atoms with E-state index < -0.39 is 8.32 Å². The molecule has 4 unspecified atom stereocenters. The van der Waals surface area contributed by atoms with Crippen LogP contribution in [0.15, 0.2) is 0 Å². The molecule has 4 rings (SSSR count). The molecule has 0 aromatic rings. The Labute approximate surface area is 194 Å². The molecule has 0 radical (unpaired) electrons. The van der Waals surface area contributed by atoms with E-state index in [4.69, 9.17) is 4.43 Å². The zero-order valence-electron chi connectivity index (χ0n) is 22.1. The van der Waals surface area contributed by atoms with Crippen LogP contribution in [0.1, 0.15) is 99.8 Å². The molecule has 0 aromatic carbocycles. The van der Waals surface area contributed by atoms with Crippen LogP contribution in [0.5, 0.6) is 0 Å². The summed E-state index contributed by atoms with van der Waals surface area (Å²) in [5.74, 6) is 4.65. The van der Waals surface area contributed by atoms with E-state index in [1.54, 1.807) is 0 Å². The highest BCUT2D eigenvalue weighted by Crippen LogP contribution is 2.68. The zero-order chi connectivity index (χ0) is 23.0. The molecule has 3 heteroatoms. The summed E-state index contributed by atoms with van der Waals surface area (Å²) in [5, 5.41) is 10.9. The monoisotopic (exact) mass is 448 g/mol. The van der Waals surface area contributed by atoms with Crippen LogP contribution >= 0.6 is 0 Å². The average Bonchev–Trinajstić information content (AvgIpc) is 2.91. The summed E-state index contributed by atoms with van der Waals surface area (Å²) in [7, 11) is -1.69. The third-order valence-corrected chi connectivity index (χ3v) is 16.4. The Kier molecular flexibility index (Phi) is 6.13. The lowest BCUT2D eigenvalue weighted by atomic mass is 9.44. The fourth-order valence-electron chi connectivity index (χ4n) is 9.35. The summed E-state index contributed by atoms with van der Waals surface area (Å²) in [6.45, 7) is 21.7. The van der Waals surface area contributed by atoms with Crippen molar-refractivity contribution in [3.8, 4) is 0 Å². The highest BCUT2D eigenvalue weighted by Gasteiger charge is 2.62. The average molecular weight is 449 g/mol. The van der Waals surface area contributed by atoms with Gasteiger partial charge < -0.3 is 9.53 Å². The van der Waals surface area contributed by atoms with E-state index in [1.807, 2.05) is 0 Å². The van der Waals surface area contributed by atoms with Crippen LogP contribution < -0.4 is 0 Å². The summed E-state index contributed by atoms with van der Waals surface area (Å²) < 4.78 is 6.92. The van der Waals surface area contributed by atoms with Crippen molar-refractivity contribution in [3.05, 3.63) is 0 Å². The van der Waals surface area contributed by atoms with Crippen molar-refractivity contribution in [1.82, 2.24) is 0 Å². The molecule has 0 amide bonds. The Hall–Kier alpha value is 0.137. The second-order valence-corrected chi connectivity index (χ2v) is 19.2. The van der Waals surface area contributed by atoms with E-state index >= 15 is 0 Å². The zero-order valence-corrected chi connectivity index (χ0v) is 23.1. The number of rotatable bonds is 3. The van der Waals surface area contributed by atoms with Gasteiger partial charge in [-0.25, -0.2) is 0 Å². The van der Waals surface area contributed by atoms with Crippen molar-refractivity contribution in [2.45, 2.75) is 130 Å². The van der Waals surface area contributed by atoms with Gasteiger partial charge in [0.15, 0.2) is 8.32 Å². The molecule has 0 heterocycles. The van der Waals surface area contributed by atoms with Gasteiger partial charge in [0.25, 0.3) is 0 Å². The number of fused-ring (bicyclic) bond motifs is 5. The molecule has 1 N–H and O–H groups in total. The molecule has 0 aromatic heterocycles. The van der Waals surface area contributed by atoms with Crippen molar-refractivity contribution in [2.75, 3.05) is 0 Å². The number of aliphatic hydroxyl groups is 1. The lowest BCUT2D eigenvalue weighted by Crippen LogP contribution is -2.55. The van der Waals surface area contributed by atoms with Crippen LogP contribution in [-0.2, 0) is 4.43 Å². The van der Waals surface area contributed by atoms with Crippen LogP contribution in [0.25, 0.3) is 0 Å². The minimum atomic E-state index is -1.69. The Morgan fingerprint density at radius 3 is 2.19 bits per heavy atom. The maximum atomic E-state index is 10.6. The van der Waals surface area contributed by atoms with Crippen molar-refractivity contribution in [3.63, 3.8) is 0 Å². The van der Waals surface area contributed by atoms with Gasteiger partial charge in [0.05, 0.1) is 6.10 Å². The van der Waals surface area contributed by atoms with Gasteiger partial charge in [0.1, 0.15) is 0 Å². The SMILES string of the molecule is C[C@H](O)[C@H]1[C@@H](C)CC2C3CCC4C[C@@H](O[Si](C)(C)C(C)(C)C)CC[C@]4(C)C3CC[C@@]21C. The van der Waals surface area contributed by atoms with Gasteiger partial charge in [-0.1, -0.05) is 41.5 Å². The fourth-order valence-corrected chi connectivity index (χ4v) is 10.7. The molecule has 4 fully saturated rings. The summed E-state index contributed by atoms with van der Waals surface area (Å²) >= 11 is 0. The molecular formula is C28H52O2Si. The highest BCUT2D eigenvalue weighted by atomic mass is 28.4. The van der Waals surface area contributed by atoms with E-state index in [1.165, 1.54) is 51.4 Å². The largest absolute Gasteiger partial charge is 0.414 e. The van der Waals surface area contributed by atoms with Crippen LogP contribution in [-0.4, -0.2) is 25.6 Å². The normalized spacial score (nSPS) is 49.2. The van der Waals surface area contributed by atoms with Gasteiger partial charge in [0, 0.05) is 6.10 Å². The molecule has 4 saturated carbocycles. The fraction of sp³-hybridized carbons (Fsp3) is 1.00. The minimum absolute atomic E-state index is 0.156. The lowest BCUT2D eigenvalue weighted by molar-refractivity contribution is -0.131. The quantitative estimate of drug-likeness (QED) is 0.449. The topological polar surface area (TPSA) is 29.5 Å². The van der Waals surface area contributed by atoms with E-state index in [9.17, 15) is 5.11 Å². The predicted octanol–water partition coefficient (Wildman–Crippen LogP) is 7.66. The van der Waals surface area contributed by atoms with Crippen LogP contribution in [0, 0.1) is 46.3 Å². The van der Waals surface area contributed by atoms with Gasteiger partial charge in [0.2, 0.25) is 0 Å². The Morgan fingerprint density at radius 2 is 1.58 bits per heavy atom.